The van der Waals surface area contributed by atoms with E-state index in [-0.39, 0.29) is 17.7 Å². The molecule has 0 unspecified atom stereocenters. The fourth-order valence-corrected chi connectivity index (χ4v) is 3.20. The van der Waals surface area contributed by atoms with Crippen LogP contribution < -0.4 is 4.74 Å². The Balaban J connectivity index is 1.55. The Morgan fingerprint density at radius 1 is 1.28 bits per heavy atom. The SMILES string of the molecule is COc1ccc(-c2cc(C(=O)N3CCC[C@@H]3c3ccco3)on2)cc1. The van der Waals surface area contributed by atoms with Crippen LogP contribution in [-0.4, -0.2) is 29.6 Å². The molecule has 6 heteroatoms. The number of hydrogen-bond acceptors (Lipinski definition) is 5. The lowest BCUT2D eigenvalue weighted by atomic mass is 10.1. The third-order valence-corrected chi connectivity index (χ3v) is 4.49. The maximum atomic E-state index is 12.8. The first-order chi connectivity index (χ1) is 12.3. The van der Waals surface area contributed by atoms with Gasteiger partial charge in [0.05, 0.1) is 19.4 Å². The zero-order chi connectivity index (χ0) is 17.2. The van der Waals surface area contributed by atoms with E-state index in [1.807, 2.05) is 36.4 Å². The lowest BCUT2D eigenvalue weighted by Crippen LogP contribution is -2.30. The second-order valence-electron chi connectivity index (χ2n) is 5.98. The molecule has 0 saturated carbocycles. The Bertz CT molecular complexity index is 852. The number of methoxy groups -OCH3 is 1. The Kier molecular flexibility index (Phi) is 4.01. The van der Waals surface area contributed by atoms with Gasteiger partial charge in [0.1, 0.15) is 17.2 Å². The maximum absolute atomic E-state index is 12.8. The first-order valence-electron chi connectivity index (χ1n) is 8.22. The third kappa shape index (κ3) is 2.91. The van der Waals surface area contributed by atoms with Crippen LogP contribution in [-0.2, 0) is 0 Å². The van der Waals surface area contributed by atoms with Gasteiger partial charge in [-0.05, 0) is 49.2 Å². The molecule has 0 spiro atoms. The molecule has 0 N–H and O–H groups in total. The molecule has 2 aromatic heterocycles. The van der Waals surface area contributed by atoms with Crippen molar-refractivity contribution in [2.75, 3.05) is 13.7 Å². The summed E-state index contributed by atoms with van der Waals surface area (Å²) in [5.74, 6) is 1.65. The van der Waals surface area contributed by atoms with Gasteiger partial charge in [-0.25, -0.2) is 0 Å². The quantitative estimate of drug-likeness (QED) is 0.721. The van der Waals surface area contributed by atoms with Crippen LogP contribution in [0.3, 0.4) is 0 Å². The normalized spacial score (nSPS) is 17.0. The van der Waals surface area contributed by atoms with E-state index in [2.05, 4.69) is 5.16 Å². The van der Waals surface area contributed by atoms with Crippen LogP contribution in [0, 0.1) is 0 Å². The van der Waals surface area contributed by atoms with Gasteiger partial charge in [0.25, 0.3) is 5.91 Å². The molecule has 4 rings (SSSR count). The van der Waals surface area contributed by atoms with E-state index in [1.54, 1.807) is 24.3 Å². The van der Waals surface area contributed by atoms with Crippen molar-refractivity contribution in [2.24, 2.45) is 0 Å². The molecule has 0 bridgehead atoms. The zero-order valence-electron chi connectivity index (χ0n) is 13.8. The minimum atomic E-state index is -0.161. The van der Waals surface area contributed by atoms with Crippen LogP contribution in [0.1, 0.15) is 35.2 Å². The molecule has 6 nitrogen and oxygen atoms in total. The van der Waals surface area contributed by atoms with Gasteiger partial charge in [0, 0.05) is 18.2 Å². The van der Waals surface area contributed by atoms with Gasteiger partial charge >= 0.3 is 0 Å². The highest BCUT2D eigenvalue weighted by Gasteiger charge is 2.34. The number of carbonyl (C=O) groups is 1. The first kappa shape index (κ1) is 15.5. The van der Waals surface area contributed by atoms with Crippen LogP contribution in [0.4, 0.5) is 0 Å². The molecule has 0 aliphatic carbocycles. The number of amides is 1. The molecule has 3 aromatic rings. The van der Waals surface area contributed by atoms with E-state index in [9.17, 15) is 4.79 Å². The van der Waals surface area contributed by atoms with Gasteiger partial charge in [-0.3, -0.25) is 4.79 Å². The van der Waals surface area contributed by atoms with Gasteiger partial charge in [0.15, 0.2) is 0 Å². The van der Waals surface area contributed by atoms with E-state index in [1.165, 1.54) is 0 Å². The number of likely N-dealkylation sites (tertiary alicyclic amines) is 1. The van der Waals surface area contributed by atoms with Crippen molar-refractivity contribution in [3.8, 4) is 17.0 Å². The molecule has 25 heavy (non-hydrogen) atoms. The highest BCUT2D eigenvalue weighted by Crippen LogP contribution is 2.34. The second-order valence-corrected chi connectivity index (χ2v) is 5.98. The number of carbonyl (C=O) groups excluding carboxylic acids is 1. The van der Waals surface area contributed by atoms with E-state index in [0.29, 0.717) is 12.2 Å². The van der Waals surface area contributed by atoms with Crippen LogP contribution in [0.25, 0.3) is 11.3 Å². The van der Waals surface area contributed by atoms with Crippen molar-refractivity contribution in [3.63, 3.8) is 0 Å². The average molecular weight is 338 g/mol. The molecule has 1 fully saturated rings. The summed E-state index contributed by atoms with van der Waals surface area (Å²) in [6.45, 7) is 0.683. The summed E-state index contributed by atoms with van der Waals surface area (Å²) in [5, 5.41) is 4.04. The fraction of sp³-hybridized carbons (Fsp3) is 0.263. The summed E-state index contributed by atoms with van der Waals surface area (Å²) < 4.78 is 15.9. The highest BCUT2D eigenvalue weighted by molar-refractivity contribution is 5.92. The van der Waals surface area contributed by atoms with Gasteiger partial charge < -0.3 is 18.6 Å². The minimum Gasteiger partial charge on any atom is -0.497 e. The molecular formula is C19H18N2O4. The number of furan rings is 1. The molecule has 3 heterocycles. The fourth-order valence-electron chi connectivity index (χ4n) is 3.20. The Hall–Kier alpha value is -3.02. The maximum Gasteiger partial charge on any atom is 0.293 e. The number of benzene rings is 1. The van der Waals surface area contributed by atoms with Crippen LogP contribution in [0.5, 0.6) is 5.75 Å². The monoisotopic (exact) mass is 338 g/mol. The first-order valence-corrected chi connectivity index (χ1v) is 8.22. The van der Waals surface area contributed by atoms with E-state index < -0.39 is 0 Å². The van der Waals surface area contributed by atoms with E-state index in [0.717, 1.165) is 29.9 Å². The van der Waals surface area contributed by atoms with E-state index >= 15 is 0 Å². The molecule has 128 valence electrons. The summed E-state index contributed by atoms with van der Waals surface area (Å²) in [6.07, 6.45) is 3.46. The molecule has 0 radical (unpaired) electrons. The predicted molar refractivity (Wildman–Crippen MR) is 90.2 cm³/mol. The third-order valence-electron chi connectivity index (χ3n) is 4.49. The van der Waals surface area contributed by atoms with Crippen LogP contribution in [0.2, 0.25) is 0 Å². The summed E-state index contributed by atoms with van der Waals surface area (Å²) in [5.41, 5.74) is 1.49. The Morgan fingerprint density at radius 2 is 2.12 bits per heavy atom. The number of nitrogens with zero attached hydrogens (tertiary/aromatic N) is 2. The molecule has 1 amide bonds. The topological polar surface area (TPSA) is 68.7 Å². The Labute approximate surface area is 145 Å². The minimum absolute atomic E-state index is 0.0444. The van der Waals surface area contributed by atoms with Crippen LogP contribution in [0.15, 0.2) is 57.7 Å². The molecule has 1 saturated heterocycles. The lowest BCUT2D eigenvalue weighted by Gasteiger charge is -2.21. The van der Waals surface area contributed by atoms with Crippen molar-refractivity contribution in [1.82, 2.24) is 10.1 Å². The van der Waals surface area contributed by atoms with Crippen molar-refractivity contribution in [2.45, 2.75) is 18.9 Å². The van der Waals surface area contributed by atoms with Crippen LogP contribution >= 0.6 is 0 Å². The molecule has 1 atom stereocenters. The molecular weight excluding hydrogens is 320 g/mol. The molecule has 1 aromatic carbocycles. The van der Waals surface area contributed by atoms with Crippen molar-refractivity contribution >= 4 is 5.91 Å². The standard InChI is InChI=1S/C19H18N2O4/c1-23-14-8-6-13(7-9-14)15-12-18(25-20-15)19(22)21-10-2-4-16(21)17-5-3-11-24-17/h3,5-9,11-12,16H,2,4,10H2,1H3/t16-/m1/s1. The zero-order valence-corrected chi connectivity index (χ0v) is 13.8. The summed E-state index contributed by atoms with van der Waals surface area (Å²) in [6, 6.07) is 12.8. The summed E-state index contributed by atoms with van der Waals surface area (Å²) >= 11 is 0. The number of aromatic nitrogens is 1. The number of rotatable bonds is 4. The van der Waals surface area contributed by atoms with Gasteiger partial charge in [-0.2, -0.15) is 0 Å². The lowest BCUT2D eigenvalue weighted by molar-refractivity contribution is 0.0677. The van der Waals surface area contributed by atoms with Gasteiger partial charge in [-0.15, -0.1) is 0 Å². The van der Waals surface area contributed by atoms with E-state index in [4.69, 9.17) is 13.7 Å². The predicted octanol–water partition coefficient (Wildman–Crippen LogP) is 3.92. The number of hydrogen-bond donors (Lipinski definition) is 0. The van der Waals surface area contributed by atoms with Gasteiger partial charge in [0.2, 0.25) is 5.76 Å². The molecule has 1 aliphatic heterocycles. The average Bonchev–Trinajstić information content (AvgIpc) is 3.42. The number of ether oxygens (including phenoxy) is 1. The smallest absolute Gasteiger partial charge is 0.293 e. The van der Waals surface area contributed by atoms with Crippen molar-refractivity contribution in [3.05, 3.63) is 60.2 Å². The highest BCUT2D eigenvalue weighted by atomic mass is 16.5. The molecule has 1 aliphatic rings. The summed E-state index contributed by atoms with van der Waals surface area (Å²) in [4.78, 5) is 14.6. The largest absolute Gasteiger partial charge is 0.497 e. The van der Waals surface area contributed by atoms with Crippen molar-refractivity contribution < 1.29 is 18.5 Å². The Morgan fingerprint density at radius 3 is 2.84 bits per heavy atom. The van der Waals surface area contributed by atoms with Crippen molar-refractivity contribution in [1.29, 1.82) is 0 Å². The summed E-state index contributed by atoms with van der Waals surface area (Å²) in [7, 11) is 1.62. The second kappa shape index (κ2) is 6.47. The van der Waals surface area contributed by atoms with Gasteiger partial charge in [-0.1, -0.05) is 5.16 Å².